The summed E-state index contributed by atoms with van der Waals surface area (Å²) in [5.41, 5.74) is 0. The van der Waals surface area contributed by atoms with Crippen molar-refractivity contribution < 1.29 is 4.58 Å². The fourth-order valence-corrected chi connectivity index (χ4v) is 4.91. The predicted octanol–water partition coefficient (Wildman–Crippen LogP) is 3.38. The average Bonchev–Trinajstić information content (AvgIpc) is 2.43. The molecule has 1 heterocycles. The summed E-state index contributed by atoms with van der Waals surface area (Å²) in [6.07, 6.45) is 6.10. The monoisotopic (exact) mass is 252 g/mol. The molecule has 0 saturated carbocycles. The number of allylic oxidation sites excluding steroid dienone is 2. The molecule has 5 heteroatoms. The SMILES string of the molecule is CSC1=C(Cl)/C(=C/C=[N+](C)C)SS1. The summed E-state index contributed by atoms with van der Waals surface area (Å²) in [6, 6.07) is 0. The van der Waals surface area contributed by atoms with Crippen molar-refractivity contribution in [3.05, 3.63) is 20.3 Å². The highest BCUT2D eigenvalue weighted by atomic mass is 35.5. The topological polar surface area (TPSA) is 3.01 Å². The summed E-state index contributed by atoms with van der Waals surface area (Å²) in [7, 11) is 7.44. The van der Waals surface area contributed by atoms with Crippen LogP contribution in [0.25, 0.3) is 0 Å². The molecule has 0 aromatic rings. The fraction of sp³-hybridized carbons (Fsp3) is 0.375. The quantitative estimate of drug-likeness (QED) is 0.421. The van der Waals surface area contributed by atoms with Crippen molar-refractivity contribution in [1.29, 1.82) is 0 Å². The molecule has 0 saturated heterocycles. The summed E-state index contributed by atoms with van der Waals surface area (Å²) >= 11 is 7.84. The predicted molar refractivity (Wildman–Crippen MR) is 67.8 cm³/mol. The lowest BCUT2D eigenvalue weighted by atomic mass is 10.5. The van der Waals surface area contributed by atoms with Crippen molar-refractivity contribution >= 4 is 51.2 Å². The maximum Gasteiger partial charge on any atom is 0.164 e. The maximum atomic E-state index is 6.14. The maximum absolute atomic E-state index is 6.14. The molecule has 0 aromatic carbocycles. The molecule has 0 spiro atoms. The Kier molecular flexibility index (Phi) is 4.80. The Labute approximate surface area is 96.1 Å². The average molecular weight is 253 g/mol. The van der Waals surface area contributed by atoms with Crippen LogP contribution in [-0.4, -0.2) is 31.1 Å². The molecule has 1 aliphatic heterocycles. The molecule has 0 atom stereocenters. The van der Waals surface area contributed by atoms with Crippen molar-refractivity contribution in [3.8, 4) is 0 Å². The van der Waals surface area contributed by atoms with Crippen LogP contribution < -0.4 is 0 Å². The van der Waals surface area contributed by atoms with Crippen LogP contribution in [0.2, 0.25) is 0 Å². The Bertz CT molecular complexity index is 290. The van der Waals surface area contributed by atoms with Gasteiger partial charge in [-0.1, -0.05) is 22.4 Å². The molecular weight excluding hydrogens is 242 g/mol. The van der Waals surface area contributed by atoms with Gasteiger partial charge in [0.1, 0.15) is 14.1 Å². The summed E-state index contributed by atoms with van der Waals surface area (Å²) in [6.45, 7) is 0. The first-order chi connectivity index (χ1) is 6.15. The van der Waals surface area contributed by atoms with E-state index in [1.54, 1.807) is 33.3 Å². The van der Waals surface area contributed by atoms with E-state index in [2.05, 4.69) is 0 Å². The number of hydrogen-bond acceptors (Lipinski definition) is 3. The molecule has 0 N–H and O–H groups in total. The molecule has 72 valence electrons. The zero-order valence-corrected chi connectivity index (χ0v) is 10.9. The largest absolute Gasteiger partial charge is 0.241 e. The van der Waals surface area contributed by atoms with E-state index in [1.807, 2.05) is 37.2 Å². The molecule has 1 nitrogen and oxygen atoms in total. The normalized spacial score (nSPS) is 19.8. The standard InChI is InChI=1S/C8H11ClNS3/c1-10(2)5-4-6-7(9)8(11-3)13-12-6/h4-5H,1-3H3/q+1/b6-4-. The fourth-order valence-electron chi connectivity index (χ4n) is 0.698. The van der Waals surface area contributed by atoms with Crippen LogP contribution in [0.15, 0.2) is 20.3 Å². The molecule has 1 aliphatic rings. The van der Waals surface area contributed by atoms with Gasteiger partial charge in [0.15, 0.2) is 6.21 Å². The van der Waals surface area contributed by atoms with Crippen LogP contribution in [-0.2, 0) is 0 Å². The summed E-state index contributed by atoms with van der Waals surface area (Å²) in [5.74, 6) is 0. The lowest BCUT2D eigenvalue weighted by Crippen LogP contribution is -1.95. The molecule has 0 aromatic heterocycles. The molecule has 1 rings (SSSR count). The van der Waals surface area contributed by atoms with Gasteiger partial charge in [0.05, 0.1) is 9.27 Å². The van der Waals surface area contributed by atoms with Gasteiger partial charge >= 0.3 is 0 Å². The van der Waals surface area contributed by atoms with Crippen LogP contribution >= 0.6 is 45.0 Å². The third-order valence-electron chi connectivity index (χ3n) is 1.31. The van der Waals surface area contributed by atoms with E-state index in [-0.39, 0.29) is 0 Å². The molecule has 0 aliphatic carbocycles. The van der Waals surface area contributed by atoms with E-state index in [9.17, 15) is 0 Å². The van der Waals surface area contributed by atoms with Gasteiger partial charge in [-0.3, -0.25) is 0 Å². The van der Waals surface area contributed by atoms with Crippen LogP contribution in [0.3, 0.4) is 0 Å². The second-order valence-electron chi connectivity index (χ2n) is 2.62. The molecule has 0 radical (unpaired) electrons. The minimum Gasteiger partial charge on any atom is -0.241 e. The highest BCUT2D eigenvalue weighted by Crippen LogP contribution is 2.54. The van der Waals surface area contributed by atoms with Crippen LogP contribution in [0.1, 0.15) is 0 Å². The third kappa shape index (κ3) is 3.27. The van der Waals surface area contributed by atoms with Crippen molar-refractivity contribution in [1.82, 2.24) is 0 Å². The first-order valence-electron chi connectivity index (χ1n) is 3.65. The Hall–Kier alpha value is 0.490. The third-order valence-corrected chi connectivity index (χ3v) is 5.93. The van der Waals surface area contributed by atoms with Gasteiger partial charge in [-0.05, 0) is 17.0 Å². The van der Waals surface area contributed by atoms with Crippen LogP contribution in [0.4, 0.5) is 0 Å². The van der Waals surface area contributed by atoms with Crippen LogP contribution in [0.5, 0.6) is 0 Å². The Morgan fingerprint density at radius 3 is 2.54 bits per heavy atom. The lowest BCUT2D eigenvalue weighted by Gasteiger charge is -1.91. The van der Waals surface area contributed by atoms with E-state index < -0.39 is 0 Å². The van der Waals surface area contributed by atoms with E-state index in [0.717, 1.165) is 9.94 Å². The second kappa shape index (κ2) is 5.39. The first-order valence-corrected chi connectivity index (χ1v) is 7.40. The number of halogens is 1. The molecule has 0 amide bonds. The summed E-state index contributed by atoms with van der Waals surface area (Å²) in [4.78, 5) is 1.14. The van der Waals surface area contributed by atoms with Gasteiger partial charge in [0.25, 0.3) is 0 Å². The first kappa shape index (κ1) is 11.6. The molecule has 13 heavy (non-hydrogen) atoms. The highest BCUT2D eigenvalue weighted by molar-refractivity contribution is 8.82. The molecular formula is C8H11ClNS3+. The minimum atomic E-state index is 0.889. The highest BCUT2D eigenvalue weighted by Gasteiger charge is 2.19. The number of thioether (sulfide) groups is 1. The zero-order chi connectivity index (χ0) is 9.84. The van der Waals surface area contributed by atoms with Gasteiger partial charge in [0, 0.05) is 11.0 Å². The van der Waals surface area contributed by atoms with Crippen molar-refractivity contribution in [2.24, 2.45) is 0 Å². The Balaban J connectivity index is 2.81. The van der Waals surface area contributed by atoms with Crippen molar-refractivity contribution in [2.45, 2.75) is 0 Å². The Morgan fingerprint density at radius 2 is 2.08 bits per heavy atom. The van der Waals surface area contributed by atoms with E-state index in [4.69, 9.17) is 11.6 Å². The molecule has 0 unspecified atom stereocenters. The molecule has 0 fully saturated rings. The lowest BCUT2D eigenvalue weighted by molar-refractivity contribution is -0.458. The number of hydrogen-bond donors (Lipinski definition) is 0. The van der Waals surface area contributed by atoms with Crippen LogP contribution in [0, 0.1) is 0 Å². The van der Waals surface area contributed by atoms with Gasteiger partial charge in [0.2, 0.25) is 0 Å². The van der Waals surface area contributed by atoms with Crippen molar-refractivity contribution in [2.75, 3.05) is 20.4 Å². The summed E-state index contributed by atoms with van der Waals surface area (Å²) < 4.78 is 3.20. The van der Waals surface area contributed by atoms with Gasteiger partial charge in [-0.25, -0.2) is 4.58 Å². The molecule has 0 bridgehead atoms. The van der Waals surface area contributed by atoms with E-state index >= 15 is 0 Å². The Morgan fingerprint density at radius 1 is 1.38 bits per heavy atom. The van der Waals surface area contributed by atoms with Gasteiger partial charge < -0.3 is 0 Å². The summed E-state index contributed by atoms with van der Waals surface area (Å²) in [5, 5.41) is 0.889. The number of nitrogens with zero attached hydrogens (tertiary/aromatic N) is 1. The second-order valence-corrected chi connectivity index (χ2v) is 6.25. The smallest absolute Gasteiger partial charge is 0.164 e. The zero-order valence-electron chi connectivity index (χ0n) is 7.70. The number of rotatable bonds is 2. The van der Waals surface area contributed by atoms with E-state index in [0.29, 0.717) is 0 Å². The van der Waals surface area contributed by atoms with Gasteiger partial charge in [-0.15, -0.1) is 11.8 Å². The van der Waals surface area contributed by atoms with E-state index in [1.165, 1.54) is 4.24 Å². The minimum absolute atomic E-state index is 0.889. The van der Waals surface area contributed by atoms with Gasteiger partial charge in [-0.2, -0.15) is 0 Å². The van der Waals surface area contributed by atoms with Crippen molar-refractivity contribution in [3.63, 3.8) is 0 Å².